The van der Waals surface area contributed by atoms with Crippen molar-refractivity contribution >= 4 is 5.78 Å². The molecule has 0 aliphatic carbocycles. The van der Waals surface area contributed by atoms with E-state index in [9.17, 15) is 35.4 Å². The van der Waals surface area contributed by atoms with E-state index < -0.39 is 54.9 Å². The molecule has 1 fully saturated rings. The van der Waals surface area contributed by atoms with E-state index in [0.29, 0.717) is 5.56 Å². The predicted molar refractivity (Wildman–Crippen MR) is 109 cm³/mol. The number of rotatable bonds is 5. The summed E-state index contributed by atoms with van der Waals surface area (Å²) in [4.78, 5) is 12.7. The van der Waals surface area contributed by atoms with E-state index in [1.165, 1.54) is 25.3 Å². The van der Waals surface area contributed by atoms with Gasteiger partial charge in [0.2, 0.25) is 6.29 Å². The summed E-state index contributed by atoms with van der Waals surface area (Å²) >= 11 is 0. The molecule has 6 atom stereocenters. The van der Waals surface area contributed by atoms with Crippen LogP contribution in [0.15, 0.2) is 30.3 Å². The van der Waals surface area contributed by atoms with Gasteiger partial charge in [0.15, 0.2) is 17.3 Å². The lowest BCUT2D eigenvalue weighted by molar-refractivity contribution is -0.277. The minimum atomic E-state index is -1.65. The molecule has 2 aromatic carbocycles. The molecule has 4 rings (SSSR count). The van der Waals surface area contributed by atoms with Crippen molar-refractivity contribution in [2.45, 2.75) is 43.2 Å². The number of carbonyl (C=O) groups is 1. The first-order chi connectivity index (χ1) is 15.7. The van der Waals surface area contributed by atoms with E-state index in [1.54, 1.807) is 6.07 Å². The van der Waals surface area contributed by atoms with Crippen LogP contribution in [-0.2, 0) is 4.74 Å². The van der Waals surface area contributed by atoms with Crippen LogP contribution in [-0.4, -0.2) is 80.8 Å². The Morgan fingerprint density at radius 2 is 1.79 bits per heavy atom. The van der Waals surface area contributed by atoms with Crippen molar-refractivity contribution in [1.82, 2.24) is 0 Å². The summed E-state index contributed by atoms with van der Waals surface area (Å²) < 4.78 is 21.7. The number of ether oxygens (including phenoxy) is 4. The summed E-state index contributed by atoms with van der Waals surface area (Å²) in [5.74, 6) is -0.733. The molecule has 11 heteroatoms. The van der Waals surface area contributed by atoms with E-state index >= 15 is 0 Å². The number of hydrogen-bond acceptors (Lipinski definition) is 11. The van der Waals surface area contributed by atoms with E-state index in [2.05, 4.69) is 0 Å². The third kappa shape index (κ3) is 4.28. The number of phenolic OH excluding ortho intramolecular Hbond substituents is 2. The lowest BCUT2D eigenvalue weighted by atomic mass is 9.95. The Labute approximate surface area is 188 Å². The number of methoxy groups -OCH3 is 1. The summed E-state index contributed by atoms with van der Waals surface area (Å²) in [6.45, 7) is -0.631. The normalized spacial score (nSPS) is 29.2. The van der Waals surface area contributed by atoms with Gasteiger partial charge in [0.25, 0.3) is 0 Å². The summed E-state index contributed by atoms with van der Waals surface area (Å²) in [5, 5.41) is 59.7. The molecule has 6 N–H and O–H groups in total. The molecule has 0 amide bonds. The molecular formula is C22H24O11. The highest BCUT2D eigenvalue weighted by Gasteiger charge is 2.45. The van der Waals surface area contributed by atoms with E-state index in [4.69, 9.17) is 18.9 Å². The number of ketones is 1. The fraction of sp³-hybridized carbons (Fsp3) is 0.409. The van der Waals surface area contributed by atoms with Crippen LogP contribution in [0.1, 0.15) is 28.4 Å². The lowest BCUT2D eigenvalue weighted by Crippen LogP contribution is -2.60. The van der Waals surface area contributed by atoms with Gasteiger partial charge >= 0.3 is 0 Å². The molecule has 0 spiro atoms. The zero-order valence-electron chi connectivity index (χ0n) is 17.5. The number of Topliss-reactive ketones (excluding diaryl/α,β-unsaturated/α-hetero) is 1. The predicted octanol–water partition coefficient (Wildman–Crippen LogP) is -0.00840. The second kappa shape index (κ2) is 9.04. The molecule has 178 valence electrons. The molecule has 2 aliphatic rings. The maximum Gasteiger partial charge on any atom is 0.229 e. The molecular weight excluding hydrogens is 440 g/mol. The van der Waals surface area contributed by atoms with Crippen LogP contribution in [0, 0.1) is 0 Å². The third-order valence-electron chi connectivity index (χ3n) is 5.65. The quantitative estimate of drug-likeness (QED) is 0.351. The van der Waals surface area contributed by atoms with E-state index in [0.717, 1.165) is 6.07 Å². The first-order valence-corrected chi connectivity index (χ1v) is 10.1. The first-order valence-electron chi connectivity index (χ1n) is 10.1. The van der Waals surface area contributed by atoms with Gasteiger partial charge in [0, 0.05) is 12.1 Å². The Kier molecular flexibility index (Phi) is 6.32. The molecule has 11 nitrogen and oxygen atoms in total. The van der Waals surface area contributed by atoms with Gasteiger partial charge in [0.05, 0.1) is 20.1 Å². The minimum Gasteiger partial charge on any atom is -0.507 e. The zero-order chi connectivity index (χ0) is 23.9. The summed E-state index contributed by atoms with van der Waals surface area (Å²) in [6.07, 6.45) is -8.35. The highest BCUT2D eigenvalue weighted by molar-refractivity contribution is 6.02. The number of aliphatic hydroxyl groups excluding tert-OH is 4. The van der Waals surface area contributed by atoms with Crippen molar-refractivity contribution in [3.05, 3.63) is 41.5 Å². The second-order valence-corrected chi connectivity index (χ2v) is 7.80. The second-order valence-electron chi connectivity index (χ2n) is 7.80. The molecule has 1 saturated heterocycles. The van der Waals surface area contributed by atoms with Crippen molar-refractivity contribution in [3.8, 4) is 28.7 Å². The van der Waals surface area contributed by atoms with Gasteiger partial charge in [-0.25, -0.2) is 0 Å². The van der Waals surface area contributed by atoms with Gasteiger partial charge in [0.1, 0.15) is 53.3 Å². The number of benzene rings is 2. The van der Waals surface area contributed by atoms with Crippen molar-refractivity contribution in [3.63, 3.8) is 0 Å². The smallest absolute Gasteiger partial charge is 0.229 e. The molecule has 0 unspecified atom stereocenters. The highest BCUT2D eigenvalue weighted by Crippen LogP contribution is 2.43. The molecule has 2 aliphatic heterocycles. The van der Waals surface area contributed by atoms with Crippen LogP contribution in [0.5, 0.6) is 28.7 Å². The Hall–Kier alpha value is -3.09. The topological polar surface area (TPSA) is 175 Å². The Bertz CT molecular complexity index is 1040. The van der Waals surface area contributed by atoms with E-state index in [-0.39, 0.29) is 35.0 Å². The van der Waals surface area contributed by atoms with E-state index in [1.807, 2.05) is 0 Å². The van der Waals surface area contributed by atoms with Crippen LogP contribution < -0.4 is 14.2 Å². The maximum atomic E-state index is 12.7. The Morgan fingerprint density at radius 1 is 1.03 bits per heavy atom. The average Bonchev–Trinajstić information content (AvgIpc) is 2.78. The number of carbonyl (C=O) groups excluding carboxylic acids is 1. The van der Waals surface area contributed by atoms with Crippen molar-refractivity contribution in [2.24, 2.45) is 0 Å². The standard InChI is InChI=1S/C22H24O11/c1-30-14-3-2-9(4-11(14)24)15-7-13(26)18-12(25)5-10(6-16(18)32-15)31-22-21(29)20(28)19(27)17(8-23)33-22/h2-6,15,17,19-25,27-29H,7-8H2,1H3/t15-,17-,19+,20+,21-,22+/m1/s1. The fourth-order valence-electron chi connectivity index (χ4n) is 3.87. The monoisotopic (exact) mass is 464 g/mol. The average molecular weight is 464 g/mol. The van der Waals surface area contributed by atoms with Crippen molar-refractivity contribution < 1.29 is 54.4 Å². The van der Waals surface area contributed by atoms with Crippen LogP contribution in [0.3, 0.4) is 0 Å². The lowest BCUT2D eigenvalue weighted by Gasteiger charge is -2.39. The van der Waals surface area contributed by atoms with Crippen molar-refractivity contribution in [1.29, 1.82) is 0 Å². The van der Waals surface area contributed by atoms with Gasteiger partial charge in [-0.05, 0) is 17.7 Å². The molecule has 0 saturated carbocycles. The number of aliphatic hydroxyl groups is 4. The molecule has 0 radical (unpaired) electrons. The van der Waals surface area contributed by atoms with Crippen LogP contribution in [0.25, 0.3) is 0 Å². The van der Waals surface area contributed by atoms with Gasteiger partial charge in [-0.15, -0.1) is 0 Å². The Balaban J connectivity index is 1.60. The molecule has 2 aromatic rings. The largest absolute Gasteiger partial charge is 0.507 e. The van der Waals surface area contributed by atoms with Crippen LogP contribution >= 0.6 is 0 Å². The zero-order valence-corrected chi connectivity index (χ0v) is 17.5. The number of phenols is 2. The van der Waals surface area contributed by atoms with Crippen LogP contribution in [0.4, 0.5) is 0 Å². The van der Waals surface area contributed by atoms with Crippen molar-refractivity contribution in [2.75, 3.05) is 13.7 Å². The summed E-state index contributed by atoms with van der Waals surface area (Å²) in [7, 11) is 1.41. The fourth-order valence-corrected chi connectivity index (χ4v) is 3.87. The number of fused-ring (bicyclic) bond motifs is 1. The van der Waals surface area contributed by atoms with Crippen LogP contribution in [0.2, 0.25) is 0 Å². The van der Waals surface area contributed by atoms with Gasteiger partial charge in [-0.2, -0.15) is 0 Å². The minimum absolute atomic E-state index is 0.00569. The van der Waals surface area contributed by atoms with Gasteiger partial charge in [-0.3, -0.25) is 4.79 Å². The number of hydrogen-bond donors (Lipinski definition) is 6. The van der Waals surface area contributed by atoms with Gasteiger partial charge < -0.3 is 49.6 Å². The maximum absolute atomic E-state index is 12.7. The molecule has 0 bridgehead atoms. The molecule has 2 heterocycles. The first kappa shape index (κ1) is 23.1. The Morgan fingerprint density at radius 3 is 2.45 bits per heavy atom. The molecule has 33 heavy (non-hydrogen) atoms. The third-order valence-corrected chi connectivity index (χ3v) is 5.65. The molecule has 0 aromatic heterocycles. The summed E-state index contributed by atoms with van der Waals surface area (Å²) in [5.41, 5.74) is 0.456. The highest BCUT2D eigenvalue weighted by atomic mass is 16.7. The SMILES string of the molecule is COc1ccc([C@H]2CC(=O)c3c(O)cc(O[C@H]4O[C@H](CO)[C@H](O)[C@H](O)[C@H]4O)cc3O2)cc1O. The number of aromatic hydroxyl groups is 2. The van der Waals surface area contributed by atoms with Gasteiger partial charge in [-0.1, -0.05) is 6.07 Å². The summed E-state index contributed by atoms with van der Waals surface area (Å²) in [6, 6.07) is 7.01.